The van der Waals surface area contributed by atoms with Gasteiger partial charge in [-0.3, -0.25) is 19.3 Å². The summed E-state index contributed by atoms with van der Waals surface area (Å²) in [6.07, 6.45) is 0.488. The van der Waals surface area contributed by atoms with Crippen LogP contribution in [-0.2, 0) is 9.59 Å². The average molecular weight is 420 g/mol. The van der Waals surface area contributed by atoms with E-state index in [-0.39, 0.29) is 30.6 Å². The highest BCUT2D eigenvalue weighted by molar-refractivity contribution is 14.1. The fraction of sp³-hybridized carbons (Fsp3) is 0.118. The summed E-state index contributed by atoms with van der Waals surface area (Å²) in [6.45, 7) is 0. The molecule has 3 amide bonds. The highest BCUT2D eigenvalue weighted by Gasteiger charge is 2.30. The smallest absolute Gasteiger partial charge is 0.255 e. The summed E-state index contributed by atoms with van der Waals surface area (Å²) in [5.41, 5.74) is 1.69. The quantitative estimate of drug-likeness (QED) is 0.613. The molecule has 1 aliphatic heterocycles. The van der Waals surface area contributed by atoms with Gasteiger partial charge in [0.25, 0.3) is 5.91 Å². The number of anilines is 2. The zero-order valence-electron chi connectivity index (χ0n) is 12.1. The molecule has 116 valence electrons. The van der Waals surface area contributed by atoms with Crippen molar-refractivity contribution in [2.45, 2.75) is 12.8 Å². The van der Waals surface area contributed by atoms with Crippen molar-refractivity contribution in [2.24, 2.45) is 0 Å². The number of carbonyl (C=O) groups is 3. The number of amides is 3. The third kappa shape index (κ3) is 3.42. The van der Waals surface area contributed by atoms with Crippen LogP contribution in [0, 0.1) is 3.57 Å². The Kier molecular flexibility index (Phi) is 4.42. The first-order valence-corrected chi connectivity index (χ1v) is 8.15. The predicted molar refractivity (Wildman–Crippen MR) is 95.3 cm³/mol. The van der Waals surface area contributed by atoms with E-state index in [2.05, 4.69) is 27.9 Å². The van der Waals surface area contributed by atoms with Crippen molar-refractivity contribution in [1.29, 1.82) is 0 Å². The Bertz CT molecular complexity index is 771. The number of hydrogen-bond acceptors (Lipinski definition) is 3. The number of carbonyl (C=O) groups excluding carboxylic acids is 3. The lowest BCUT2D eigenvalue weighted by atomic mass is 10.1. The molecule has 0 aromatic heterocycles. The molecule has 1 N–H and O–H groups in total. The average Bonchev–Trinajstić information content (AvgIpc) is 2.86. The largest absolute Gasteiger partial charge is 0.322 e. The highest BCUT2D eigenvalue weighted by Crippen LogP contribution is 2.23. The van der Waals surface area contributed by atoms with Gasteiger partial charge in [-0.2, -0.15) is 0 Å². The van der Waals surface area contributed by atoms with Gasteiger partial charge in [0.05, 0.1) is 5.69 Å². The van der Waals surface area contributed by atoms with Gasteiger partial charge >= 0.3 is 0 Å². The number of nitrogens with zero attached hydrogens (tertiary/aromatic N) is 1. The number of nitrogens with one attached hydrogen (secondary N) is 1. The molecule has 3 rings (SSSR count). The minimum Gasteiger partial charge on any atom is -0.322 e. The van der Waals surface area contributed by atoms with Crippen LogP contribution in [0.5, 0.6) is 0 Å². The third-order valence-electron chi connectivity index (χ3n) is 3.52. The van der Waals surface area contributed by atoms with Crippen molar-refractivity contribution in [2.75, 3.05) is 10.2 Å². The molecule has 23 heavy (non-hydrogen) atoms. The van der Waals surface area contributed by atoms with Gasteiger partial charge in [-0.25, -0.2) is 0 Å². The Labute approximate surface area is 146 Å². The fourth-order valence-electron chi connectivity index (χ4n) is 2.40. The van der Waals surface area contributed by atoms with Crippen LogP contribution in [0.4, 0.5) is 11.4 Å². The molecule has 0 unspecified atom stereocenters. The van der Waals surface area contributed by atoms with Crippen LogP contribution in [0.3, 0.4) is 0 Å². The lowest BCUT2D eigenvalue weighted by Gasteiger charge is -2.14. The van der Waals surface area contributed by atoms with E-state index in [1.54, 1.807) is 24.3 Å². The highest BCUT2D eigenvalue weighted by atomic mass is 127. The van der Waals surface area contributed by atoms with Crippen molar-refractivity contribution in [3.05, 3.63) is 57.7 Å². The van der Waals surface area contributed by atoms with Crippen molar-refractivity contribution >= 4 is 51.7 Å². The number of rotatable bonds is 3. The molecule has 0 radical (unpaired) electrons. The molecule has 0 spiro atoms. The number of halogens is 1. The molecular weight excluding hydrogens is 407 g/mol. The molecular formula is C17H13IN2O3. The molecule has 1 heterocycles. The van der Waals surface area contributed by atoms with E-state index >= 15 is 0 Å². The molecule has 0 saturated carbocycles. The second-order valence-electron chi connectivity index (χ2n) is 5.13. The normalized spacial score (nSPS) is 14.2. The SMILES string of the molecule is O=C(Nc1cccc(I)c1)c1ccc(N2C(=O)CCC2=O)cc1. The van der Waals surface area contributed by atoms with Gasteiger partial charge in [0.2, 0.25) is 11.8 Å². The molecule has 1 saturated heterocycles. The zero-order valence-corrected chi connectivity index (χ0v) is 14.2. The van der Waals surface area contributed by atoms with Crippen LogP contribution < -0.4 is 10.2 Å². The Hall–Kier alpha value is -2.22. The molecule has 6 heteroatoms. The van der Waals surface area contributed by atoms with E-state index in [1.807, 2.05) is 24.3 Å². The maximum atomic E-state index is 12.2. The first-order chi connectivity index (χ1) is 11.0. The van der Waals surface area contributed by atoms with Gasteiger partial charge in [0.15, 0.2) is 0 Å². The van der Waals surface area contributed by atoms with Crippen molar-refractivity contribution in [3.63, 3.8) is 0 Å². The van der Waals surface area contributed by atoms with E-state index in [4.69, 9.17) is 0 Å². The Morgan fingerprint density at radius 1 is 1.00 bits per heavy atom. The van der Waals surface area contributed by atoms with Crippen LogP contribution in [-0.4, -0.2) is 17.7 Å². The summed E-state index contributed by atoms with van der Waals surface area (Å²) in [5, 5.41) is 2.81. The van der Waals surface area contributed by atoms with Gasteiger partial charge in [-0.15, -0.1) is 0 Å². The molecule has 1 aliphatic rings. The molecule has 0 aliphatic carbocycles. The standard InChI is InChI=1S/C17H13IN2O3/c18-12-2-1-3-13(10-12)19-17(23)11-4-6-14(7-5-11)20-15(21)8-9-16(20)22/h1-7,10H,8-9H2,(H,19,23). The monoisotopic (exact) mass is 420 g/mol. The Balaban J connectivity index is 1.75. The van der Waals surface area contributed by atoms with Crippen LogP contribution in [0.1, 0.15) is 23.2 Å². The molecule has 5 nitrogen and oxygen atoms in total. The van der Waals surface area contributed by atoms with Crippen LogP contribution >= 0.6 is 22.6 Å². The van der Waals surface area contributed by atoms with E-state index in [0.29, 0.717) is 11.3 Å². The number of imide groups is 1. The molecule has 1 fully saturated rings. The summed E-state index contributed by atoms with van der Waals surface area (Å²) in [7, 11) is 0. The summed E-state index contributed by atoms with van der Waals surface area (Å²) >= 11 is 2.18. The van der Waals surface area contributed by atoms with Crippen LogP contribution in [0.15, 0.2) is 48.5 Å². The minimum atomic E-state index is -0.238. The van der Waals surface area contributed by atoms with E-state index in [0.717, 1.165) is 9.26 Å². The lowest BCUT2D eigenvalue weighted by molar-refractivity contribution is -0.121. The lowest BCUT2D eigenvalue weighted by Crippen LogP contribution is -2.28. The predicted octanol–water partition coefficient (Wildman–Crippen LogP) is 3.20. The summed E-state index contributed by atoms with van der Waals surface area (Å²) < 4.78 is 1.03. The van der Waals surface area contributed by atoms with Gasteiger partial charge in [-0.1, -0.05) is 6.07 Å². The maximum Gasteiger partial charge on any atom is 0.255 e. The molecule has 2 aromatic rings. The van der Waals surface area contributed by atoms with Gasteiger partial charge in [-0.05, 0) is 65.1 Å². The zero-order chi connectivity index (χ0) is 16.4. The topological polar surface area (TPSA) is 66.5 Å². The first-order valence-electron chi connectivity index (χ1n) is 7.07. The van der Waals surface area contributed by atoms with E-state index in [1.165, 1.54) is 4.90 Å². The van der Waals surface area contributed by atoms with Gasteiger partial charge in [0, 0.05) is 27.7 Å². The Morgan fingerprint density at radius 2 is 1.65 bits per heavy atom. The van der Waals surface area contributed by atoms with Gasteiger partial charge < -0.3 is 5.32 Å². The number of benzene rings is 2. The molecule has 2 aromatic carbocycles. The van der Waals surface area contributed by atoms with Gasteiger partial charge in [0.1, 0.15) is 0 Å². The molecule has 0 bridgehead atoms. The van der Waals surface area contributed by atoms with Crippen molar-refractivity contribution in [3.8, 4) is 0 Å². The number of hydrogen-bond donors (Lipinski definition) is 1. The summed E-state index contributed by atoms with van der Waals surface area (Å²) in [4.78, 5) is 36.8. The van der Waals surface area contributed by atoms with E-state index < -0.39 is 0 Å². The maximum absolute atomic E-state index is 12.2. The third-order valence-corrected chi connectivity index (χ3v) is 4.19. The molecule has 0 atom stereocenters. The fourth-order valence-corrected chi connectivity index (χ4v) is 2.94. The van der Waals surface area contributed by atoms with Crippen molar-refractivity contribution in [1.82, 2.24) is 0 Å². The summed E-state index contributed by atoms with van der Waals surface area (Å²) in [6, 6.07) is 13.9. The van der Waals surface area contributed by atoms with Crippen molar-refractivity contribution < 1.29 is 14.4 Å². The van der Waals surface area contributed by atoms with E-state index in [9.17, 15) is 14.4 Å². The first kappa shape index (κ1) is 15.7. The summed E-state index contributed by atoms with van der Waals surface area (Å²) in [5.74, 6) is -0.644. The van der Waals surface area contributed by atoms with Crippen LogP contribution in [0.2, 0.25) is 0 Å². The van der Waals surface area contributed by atoms with Crippen LogP contribution in [0.25, 0.3) is 0 Å². The second-order valence-corrected chi connectivity index (χ2v) is 6.38. The Morgan fingerprint density at radius 3 is 2.26 bits per heavy atom. The minimum absolute atomic E-state index is 0.203. The second kappa shape index (κ2) is 6.49.